The van der Waals surface area contributed by atoms with Crippen molar-refractivity contribution in [1.29, 1.82) is 0 Å². The van der Waals surface area contributed by atoms with Crippen LogP contribution in [0.4, 0.5) is 5.69 Å². The first-order valence-electron chi connectivity index (χ1n) is 8.70. The minimum Gasteiger partial charge on any atom is -0.316 e. The fraction of sp³-hybridized carbons (Fsp3) is 0.556. The molecule has 2 atom stereocenters. The highest BCUT2D eigenvalue weighted by molar-refractivity contribution is 8.16. The van der Waals surface area contributed by atoms with Crippen molar-refractivity contribution >= 4 is 38.4 Å². The molecule has 1 aromatic carbocycles. The van der Waals surface area contributed by atoms with E-state index in [1.807, 2.05) is 49.9 Å². The Hall–Kier alpha value is -1.34. The maximum Gasteiger partial charge on any atom is 0.251 e. The van der Waals surface area contributed by atoms with Crippen LogP contribution in [0.25, 0.3) is 0 Å². The number of thioether (sulfide) groups is 1. The van der Waals surface area contributed by atoms with Gasteiger partial charge in [0.1, 0.15) is 0 Å². The average Bonchev–Trinajstić information content (AvgIpc) is 3.00. The van der Waals surface area contributed by atoms with Gasteiger partial charge in [-0.15, -0.1) is 0 Å². The van der Waals surface area contributed by atoms with Gasteiger partial charge in [0.15, 0.2) is 15.0 Å². The number of carbonyl (C=O) groups is 1. The maximum absolute atomic E-state index is 12.5. The molecule has 2 saturated heterocycles. The quantitative estimate of drug-likeness (QED) is 0.803. The normalized spacial score (nSPS) is 26.4. The molecule has 0 unspecified atom stereocenters. The summed E-state index contributed by atoms with van der Waals surface area (Å²) in [4.78, 5) is 18.9. The lowest BCUT2D eigenvalue weighted by molar-refractivity contribution is -0.121. The zero-order valence-corrected chi connectivity index (χ0v) is 16.4. The second kappa shape index (κ2) is 7.11. The van der Waals surface area contributed by atoms with Crippen LogP contribution in [0, 0.1) is 12.8 Å². The van der Waals surface area contributed by atoms with Crippen molar-refractivity contribution in [3.63, 3.8) is 0 Å². The third kappa shape index (κ3) is 3.77. The highest BCUT2D eigenvalue weighted by Crippen LogP contribution is 2.41. The standard InChI is InChI=1S/C18H24N2O3S2/c1-4-13(5-2)17(21)19-18-20(14-8-6-12(3)7-9-14)15-10-25(22,23)11-16(15)24-18/h6-9,13,15-16H,4-5,10-11H2,1-3H3/t15-,16+/m1/s1. The number of hydrogen-bond acceptors (Lipinski definition) is 4. The summed E-state index contributed by atoms with van der Waals surface area (Å²) < 4.78 is 24.1. The number of benzene rings is 1. The predicted molar refractivity (Wildman–Crippen MR) is 104 cm³/mol. The Morgan fingerprint density at radius 2 is 1.88 bits per heavy atom. The highest BCUT2D eigenvalue weighted by Gasteiger charge is 2.49. The van der Waals surface area contributed by atoms with Crippen molar-refractivity contribution in [2.45, 2.75) is 44.9 Å². The number of hydrogen-bond donors (Lipinski definition) is 0. The zero-order valence-electron chi connectivity index (χ0n) is 14.8. The summed E-state index contributed by atoms with van der Waals surface area (Å²) in [6.45, 7) is 6.00. The predicted octanol–water partition coefficient (Wildman–Crippen LogP) is 3.03. The fourth-order valence-corrected chi connectivity index (χ4v) is 7.31. The summed E-state index contributed by atoms with van der Waals surface area (Å²) in [5.74, 6) is 0.101. The highest BCUT2D eigenvalue weighted by atomic mass is 32.2. The van der Waals surface area contributed by atoms with E-state index in [2.05, 4.69) is 4.99 Å². The molecule has 7 heteroatoms. The molecule has 0 N–H and O–H groups in total. The molecule has 3 rings (SSSR count). The van der Waals surface area contributed by atoms with Crippen molar-refractivity contribution in [3.8, 4) is 0 Å². The average molecular weight is 381 g/mol. The molecule has 0 aromatic heterocycles. The van der Waals surface area contributed by atoms with Gasteiger partial charge in [0.05, 0.1) is 17.5 Å². The van der Waals surface area contributed by atoms with Gasteiger partial charge >= 0.3 is 0 Å². The van der Waals surface area contributed by atoms with Gasteiger partial charge in [-0.2, -0.15) is 4.99 Å². The van der Waals surface area contributed by atoms with Gasteiger partial charge in [0, 0.05) is 16.9 Å². The van der Waals surface area contributed by atoms with E-state index < -0.39 is 9.84 Å². The van der Waals surface area contributed by atoms with Crippen molar-refractivity contribution in [2.24, 2.45) is 10.9 Å². The number of amides is 1. The first-order chi connectivity index (χ1) is 11.8. The monoisotopic (exact) mass is 380 g/mol. The molecule has 25 heavy (non-hydrogen) atoms. The first-order valence-corrected chi connectivity index (χ1v) is 11.4. The molecular formula is C18H24N2O3S2. The lowest BCUT2D eigenvalue weighted by Crippen LogP contribution is -2.37. The van der Waals surface area contributed by atoms with Gasteiger partial charge < -0.3 is 4.90 Å². The topological polar surface area (TPSA) is 66.8 Å². The Morgan fingerprint density at radius 3 is 2.48 bits per heavy atom. The molecule has 0 saturated carbocycles. The molecule has 0 radical (unpaired) electrons. The van der Waals surface area contributed by atoms with Crippen molar-refractivity contribution < 1.29 is 13.2 Å². The van der Waals surface area contributed by atoms with E-state index in [1.165, 1.54) is 11.8 Å². The summed E-state index contributed by atoms with van der Waals surface area (Å²) >= 11 is 1.43. The number of amidine groups is 1. The number of carbonyl (C=O) groups excluding carboxylic acids is 1. The van der Waals surface area contributed by atoms with Crippen LogP contribution in [0.1, 0.15) is 32.3 Å². The number of aliphatic imine (C=N–C) groups is 1. The molecule has 2 aliphatic rings. The van der Waals surface area contributed by atoms with E-state index in [9.17, 15) is 13.2 Å². The fourth-order valence-electron chi connectivity index (χ4n) is 3.40. The zero-order chi connectivity index (χ0) is 18.2. The van der Waals surface area contributed by atoms with E-state index in [4.69, 9.17) is 0 Å². The third-order valence-electron chi connectivity index (χ3n) is 4.92. The number of nitrogens with zero attached hydrogens (tertiary/aromatic N) is 2. The lowest BCUT2D eigenvalue weighted by atomic mass is 10.0. The molecule has 0 aliphatic carbocycles. The number of rotatable bonds is 4. The number of fused-ring (bicyclic) bond motifs is 1. The molecule has 0 bridgehead atoms. The van der Waals surface area contributed by atoms with Crippen LogP contribution in [-0.2, 0) is 14.6 Å². The van der Waals surface area contributed by atoms with Gasteiger partial charge in [0.25, 0.3) is 5.91 Å². The van der Waals surface area contributed by atoms with Crippen LogP contribution in [0.5, 0.6) is 0 Å². The summed E-state index contributed by atoms with van der Waals surface area (Å²) in [5, 5.41) is 0.588. The van der Waals surface area contributed by atoms with E-state index in [0.29, 0.717) is 5.17 Å². The van der Waals surface area contributed by atoms with E-state index >= 15 is 0 Å². The Morgan fingerprint density at radius 1 is 1.24 bits per heavy atom. The molecule has 0 spiro atoms. The Kier molecular flexibility index (Phi) is 5.25. The summed E-state index contributed by atoms with van der Waals surface area (Å²) in [6.07, 6.45) is 1.53. The van der Waals surface area contributed by atoms with E-state index in [-0.39, 0.29) is 34.6 Å². The van der Waals surface area contributed by atoms with Gasteiger partial charge in [-0.25, -0.2) is 8.42 Å². The Bertz CT molecular complexity index is 783. The Balaban J connectivity index is 1.97. The van der Waals surface area contributed by atoms with Crippen LogP contribution in [-0.4, -0.2) is 42.3 Å². The summed E-state index contributed by atoms with van der Waals surface area (Å²) in [5.41, 5.74) is 2.04. The van der Waals surface area contributed by atoms with Gasteiger partial charge in [-0.3, -0.25) is 4.79 Å². The largest absolute Gasteiger partial charge is 0.316 e. The summed E-state index contributed by atoms with van der Waals surface area (Å²) in [7, 11) is -3.03. The third-order valence-corrected chi connectivity index (χ3v) is 8.13. The molecule has 136 valence electrons. The molecule has 2 fully saturated rings. The summed E-state index contributed by atoms with van der Waals surface area (Å²) in [6, 6.07) is 7.79. The van der Waals surface area contributed by atoms with Crippen molar-refractivity contribution in [1.82, 2.24) is 0 Å². The van der Waals surface area contributed by atoms with Crippen LogP contribution in [0.2, 0.25) is 0 Å². The lowest BCUT2D eigenvalue weighted by Gasteiger charge is -2.24. The van der Waals surface area contributed by atoms with Crippen LogP contribution in [0.15, 0.2) is 29.3 Å². The molecule has 2 heterocycles. The molecule has 5 nitrogen and oxygen atoms in total. The van der Waals surface area contributed by atoms with Crippen molar-refractivity contribution in [2.75, 3.05) is 16.4 Å². The smallest absolute Gasteiger partial charge is 0.251 e. The SMILES string of the molecule is CCC(CC)C(=O)N=C1S[C@H]2CS(=O)(=O)C[C@H]2N1c1ccc(C)cc1. The Labute approximate surface area is 153 Å². The van der Waals surface area contributed by atoms with E-state index in [1.54, 1.807) is 0 Å². The van der Waals surface area contributed by atoms with Crippen molar-refractivity contribution in [3.05, 3.63) is 29.8 Å². The molecule has 1 aromatic rings. The minimum atomic E-state index is -3.03. The maximum atomic E-state index is 12.5. The number of anilines is 1. The number of aryl methyl sites for hydroxylation is 1. The first kappa shape index (κ1) is 18.5. The molecule has 1 amide bonds. The number of sulfone groups is 1. The second-order valence-electron chi connectivity index (χ2n) is 6.75. The van der Waals surface area contributed by atoms with Crippen LogP contribution >= 0.6 is 11.8 Å². The van der Waals surface area contributed by atoms with Gasteiger partial charge in [0.2, 0.25) is 0 Å². The van der Waals surface area contributed by atoms with Crippen LogP contribution in [0.3, 0.4) is 0 Å². The second-order valence-corrected chi connectivity index (χ2v) is 10.1. The molecular weight excluding hydrogens is 356 g/mol. The minimum absolute atomic E-state index is 0.0560. The van der Waals surface area contributed by atoms with E-state index in [0.717, 1.165) is 24.1 Å². The van der Waals surface area contributed by atoms with Gasteiger partial charge in [-0.1, -0.05) is 43.3 Å². The van der Waals surface area contributed by atoms with Gasteiger partial charge in [-0.05, 0) is 31.9 Å². The van der Waals surface area contributed by atoms with Crippen LogP contribution < -0.4 is 4.90 Å². The molecule has 2 aliphatic heterocycles.